The van der Waals surface area contributed by atoms with Crippen LogP contribution in [0.1, 0.15) is 24.6 Å². The number of aryl methyl sites for hydroxylation is 2. The lowest BCUT2D eigenvalue weighted by Crippen LogP contribution is -2.20. The predicted molar refractivity (Wildman–Crippen MR) is 62.4 cm³/mol. The monoisotopic (exact) mass is 211 g/mol. The third-order valence-corrected chi connectivity index (χ3v) is 2.52. The Morgan fingerprint density at radius 2 is 2.20 bits per heavy atom. The van der Waals surface area contributed by atoms with Crippen LogP contribution in [0.4, 0.5) is 5.82 Å². The summed E-state index contributed by atoms with van der Waals surface area (Å²) in [5.41, 5.74) is 4.92. The maximum Gasteiger partial charge on any atom is 0.142 e. The Kier molecular flexibility index (Phi) is 4.11. The lowest BCUT2D eigenvalue weighted by Gasteiger charge is -2.16. The second-order valence-electron chi connectivity index (χ2n) is 3.92. The molecule has 0 aliphatic rings. The molecule has 0 amide bonds. The first-order chi connectivity index (χ1) is 7.10. The summed E-state index contributed by atoms with van der Waals surface area (Å²) in [6.07, 6.45) is 1.15. The van der Waals surface area contributed by atoms with Gasteiger partial charge in [-0.3, -0.25) is 4.68 Å². The molecule has 5 nitrogen and oxygen atoms in total. The molecule has 5 heteroatoms. The van der Waals surface area contributed by atoms with Crippen LogP contribution in [0.25, 0.3) is 0 Å². The Morgan fingerprint density at radius 3 is 2.73 bits per heavy atom. The van der Waals surface area contributed by atoms with Crippen molar-refractivity contribution in [2.24, 2.45) is 12.9 Å². The average molecular weight is 211 g/mol. The van der Waals surface area contributed by atoms with Crippen molar-refractivity contribution in [2.75, 3.05) is 19.0 Å². The highest BCUT2D eigenvalue weighted by atomic mass is 15.4. The number of nitrogens with zero attached hydrogens (tertiary/aromatic N) is 3. The van der Waals surface area contributed by atoms with E-state index >= 15 is 0 Å². The fraction of sp³-hybridized carbons (Fsp3) is 0.700. The number of hydrazine groups is 1. The molecule has 15 heavy (non-hydrogen) atoms. The highest BCUT2D eigenvalue weighted by molar-refractivity contribution is 5.46. The third kappa shape index (κ3) is 2.70. The third-order valence-electron chi connectivity index (χ3n) is 2.52. The molecule has 0 saturated heterocycles. The summed E-state index contributed by atoms with van der Waals surface area (Å²) in [5, 5.41) is 4.34. The lowest BCUT2D eigenvalue weighted by molar-refractivity contribution is 0.327. The Morgan fingerprint density at radius 1 is 1.53 bits per heavy atom. The van der Waals surface area contributed by atoms with Crippen molar-refractivity contribution in [3.63, 3.8) is 0 Å². The maximum absolute atomic E-state index is 5.49. The molecule has 0 aliphatic heterocycles. The molecular weight excluding hydrogens is 190 g/mol. The van der Waals surface area contributed by atoms with Crippen molar-refractivity contribution in [2.45, 2.75) is 26.8 Å². The zero-order valence-corrected chi connectivity index (χ0v) is 10.0. The van der Waals surface area contributed by atoms with Gasteiger partial charge in [0.15, 0.2) is 0 Å². The summed E-state index contributed by atoms with van der Waals surface area (Å²) < 4.78 is 1.78. The molecule has 0 aliphatic carbocycles. The van der Waals surface area contributed by atoms with Gasteiger partial charge < -0.3 is 10.3 Å². The molecule has 0 fully saturated rings. The summed E-state index contributed by atoms with van der Waals surface area (Å²) in [7, 11) is 4.00. The van der Waals surface area contributed by atoms with Gasteiger partial charge in [0.1, 0.15) is 5.82 Å². The van der Waals surface area contributed by atoms with E-state index in [9.17, 15) is 0 Å². The van der Waals surface area contributed by atoms with E-state index in [1.165, 1.54) is 5.56 Å². The van der Waals surface area contributed by atoms with Crippen molar-refractivity contribution >= 4 is 5.82 Å². The summed E-state index contributed by atoms with van der Waals surface area (Å²) in [6.45, 7) is 6.15. The van der Waals surface area contributed by atoms with E-state index in [-0.39, 0.29) is 0 Å². The number of anilines is 1. The second kappa shape index (κ2) is 5.14. The van der Waals surface area contributed by atoms with Crippen LogP contribution in [-0.2, 0) is 13.6 Å². The van der Waals surface area contributed by atoms with E-state index in [1.54, 1.807) is 4.68 Å². The van der Waals surface area contributed by atoms with Gasteiger partial charge >= 0.3 is 0 Å². The molecule has 1 aromatic heterocycles. The van der Waals surface area contributed by atoms with Crippen molar-refractivity contribution in [3.8, 4) is 0 Å². The normalized spacial score (nSPS) is 11.1. The van der Waals surface area contributed by atoms with Crippen LogP contribution in [0.15, 0.2) is 0 Å². The Balaban J connectivity index is 2.83. The van der Waals surface area contributed by atoms with Crippen LogP contribution in [0, 0.1) is 6.92 Å². The number of nitrogens with two attached hydrogens (primary N) is 1. The highest BCUT2D eigenvalue weighted by Crippen LogP contribution is 2.19. The van der Waals surface area contributed by atoms with Crippen LogP contribution in [0.5, 0.6) is 0 Å². The zero-order valence-electron chi connectivity index (χ0n) is 10.0. The van der Waals surface area contributed by atoms with E-state index in [0.29, 0.717) is 0 Å². The minimum atomic E-state index is 0.882. The second-order valence-corrected chi connectivity index (χ2v) is 3.92. The first-order valence-corrected chi connectivity index (χ1v) is 5.27. The van der Waals surface area contributed by atoms with Gasteiger partial charge in [-0.2, -0.15) is 5.10 Å². The minimum absolute atomic E-state index is 0.882. The maximum atomic E-state index is 5.49. The smallest absolute Gasteiger partial charge is 0.142 e. The van der Waals surface area contributed by atoms with Gasteiger partial charge in [-0.1, -0.05) is 6.92 Å². The van der Waals surface area contributed by atoms with Crippen molar-refractivity contribution in [1.82, 2.24) is 14.7 Å². The average Bonchev–Trinajstić information content (AvgIpc) is 2.42. The molecular formula is C10H21N5. The highest BCUT2D eigenvalue weighted by Gasteiger charge is 2.13. The fourth-order valence-electron chi connectivity index (χ4n) is 1.80. The van der Waals surface area contributed by atoms with Gasteiger partial charge in [0, 0.05) is 19.2 Å². The number of hydrogen-bond acceptors (Lipinski definition) is 4. The topological polar surface area (TPSA) is 59.1 Å². The molecule has 0 bridgehead atoms. The Labute approximate surface area is 91.2 Å². The standard InChI is InChI=1S/C10H21N5/c1-5-6-14(3)7-9-8(2)13-15(4)10(9)12-11/h12H,5-7,11H2,1-4H3. The molecule has 1 rings (SSSR count). The van der Waals surface area contributed by atoms with Crippen molar-refractivity contribution in [3.05, 3.63) is 11.3 Å². The first kappa shape index (κ1) is 12.0. The van der Waals surface area contributed by atoms with Gasteiger partial charge in [0.05, 0.1) is 5.69 Å². The van der Waals surface area contributed by atoms with E-state index < -0.39 is 0 Å². The molecule has 1 heterocycles. The number of aromatic nitrogens is 2. The number of nitrogens with one attached hydrogen (secondary N) is 1. The Bertz CT molecular complexity index is 318. The van der Waals surface area contributed by atoms with E-state index in [1.807, 2.05) is 14.0 Å². The van der Waals surface area contributed by atoms with Gasteiger partial charge in [0.25, 0.3) is 0 Å². The molecule has 1 aromatic rings. The fourth-order valence-corrected chi connectivity index (χ4v) is 1.80. The molecule has 0 unspecified atom stereocenters. The quantitative estimate of drug-likeness (QED) is 0.560. The summed E-state index contributed by atoms with van der Waals surface area (Å²) in [6, 6.07) is 0. The van der Waals surface area contributed by atoms with Gasteiger partial charge in [0.2, 0.25) is 0 Å². The molecule has 0 spiro atoms. The number of rotatable bonds is 5. The van der Waals surface area contributed by atoms with E-state index in [0.717, 1.165) is 31.0 Å². The van der Waals surface area contributed by atoms with Crippen LogP contribution in [-0.4, -0.2) is 28.3 Å². The number of nitrogen functional groups attached to an aromatic ring is 1. The van der Waals surface area contributed by atoms with Gasteiger partial charge in [-0.05, 0) is 26.9 Å². The Hall–Kier alpha value is -1.07. The first-order valence-electron chi connectivity index (χ1n) is 5.27. The van der Waals surface area contributed by atoms with Crippen molar-refractivity contribution < 1.29 is 0 Å². The van der Waals surface area contributed by atoms with Crippen LogP contribution in [0.2, 0.25) is 0 Å². The molecule has 0 saturated carbocycles. The summed E-state index contributed by atoms with van der Waals surface area (Å²) in [5.74, 6) is 6.38. The molecule has 3 N–H and O–H groups in total. The summed E-state index contributed by atoms with van der Waals surface area (Å²) >= 11 is 0. The van der Waals surface area contributed by atoms with Crippen LogP contribution < -0.4 is 11.3 Å². The van der Waals surface area contributed by atoms with E-state index in [4.69, 9.17) is 5.84 Å². The predicted octanol–water partition coefficient (Wildman–Crippen LogP) is 0.856. The van der Waals surface area contributed by atoms with Gasteiger partial charge in [-0.25, -0.2) is 5.84 Å². The van der Waals surface area contributed by atoms with E-state index in [2.05, 4.69) is 29.4 Å². The summed E-state index contributed by atoms with van der Waals surface area (Å²) in [4.78, 5) is 2.27. The van der Waals surface area contributed by atoms with Gasteiger partial charge in [-0.15, -0.1) is 0 Å². The zero-order chi connectivity index (χ0) is 11.4. The molecule has 0 radical (unpaired) electrons. The lowest BCUT2D eigenvalue weighted by atomic mass is 10.2. The van der Waals surface area contributed by atoms with Crippen LogP contribution in [0.3, 0.4) is 0 Å². The number of hydrogen-bond donors (Lipinski definition) is 2. The molecule has 0 atom stereocenters. The molecule has 86 valence electrons. The SMILES string of the molecule is CCCN(C)Cc1c(C)nn(C)c1NN. The largest absolute Gasteiger partial charge is 0.308 e. The van der Waals surface area contributed by atoms with Crippen LogP contribution >= 0.6 is 0 Å². The minimum Gasteiger partial charge on any atom is -0.308 e. The molecule has 0 aromatic carbocycles. The van der Waals surface area contributed by atoms with Crippen molar-refractivity contribution in [1.29, 1.82) is 0 Å².